The molecule has 0 saturated heterocycles. The molecular formula is C30H22O12. The van der Waals surface area contributed by atoms with Crippen molar-refractivity contribution in [2.45, 2.75) is 26.1 Å². The number of aromatic hydroxyl groups is 4. The predicted molar refractivity (Wildman–Crippen MR) is 138 cm³/mol. The summed E-state index contributed by atoms with van der Waals surface area (Å²) in [6, 6.07) is 2.13. The van der Waals surface area contributed by atoms with E-state index in [2.05, 4.69) is 0 Å². The molecule has 4 bridgehead atoms. The topological polar surface area (TPSA) is 230 Å². The Balaban J connectivity index is 1.56. The molecule has 6 aliphatic carbocycles. The van der Waals surface area contributed by atoms with E-state index in [0.29, 0.717) is 0 Å². The number of ketones is 4. The first-order valence-corrected chi connectivity index (χ1v) is 13.2. The van der Waals surface area contributed by atoms with E-state index in [9.17, 15) is 60.0 Å². The molecule has 12 nitrogen and oxygen atoms in total. The molecular weight excluding hydrogens is 552 g/mol. The molecule has 0 heterocycles. The summed E-state index contributed by atoms with van der Waals surface area (Å²) in [7, 11) is 0. The summed E-state index contributed by atoms with van der Waals surface area (Å²) in [4.78, 5) is 58.1. The van der Waals surface area contributed by atoms with E-state index in [1.54, 1.807) is 0 Å². The highest BCUT2D eigenvalue weighted by atomic mass is 16.3. The number of carbonyl (C=O) groups excluding carboxylic acids is 4. The second-order valence-corrected chi connectivity index (χ2v) is 12.2. The highest BCUT2D eigenvalue weighted by molar-refractivity contribution is 6.31. The third-order valence-electron chi connectivity index (χ3n) is 10.8. The van der Waals surface area contributed by atoms with Crippen molar-refractivity contribution in [1.29, 1.82) is 0 Å². The van der Waals surface area contributed by atoms with Gasteiger partial charge in [0.05, 0.1) is 68.3 Å². The molecule has 8 rings (SSSR count). The van der Waals surface area contributed by atoms with Gasteiger partial charge in [-0.1, -0.05) is 0 Å². The molecule has 4 saturated carbocycles. The van der Waals surface area contributed by atoms with Gasteiger partial charge in [-0.3, -0.25) is 19.2 Å². The number of hydrogen-bond acceptors (Lipinski definition) is 12. The minimum absolute atomic E-state index is 0.0181. The second-order valence-electron chi connectivity index (χ2n) is 12.2. The normalized spacial score (nSPS) is 36.9. The van der Waals surface area contributed by atoms with Crippen LogP contribution in [0.1, 0.15) is 43.0 Å². The van der Waals surface area contributed by atoms with Crippen LogP contribution in [-0.2, 0) is 9.59 Å². The zero-order valence-electron chi connectivity index (χ0n) is 21.8. The summed E-state index contributed by atoms with van der Waals surface area (Å²) in [5.41, 5.74) is -8.66. The molecule has 12 heteroatoms. The van der Waals surface area contributed by atoms with Gasteiger partial charge in [-0.2, -0.15) is 0 Å². The van der Waals surface area contributed by atoms with Gasteiger partial charge in [0.1, 0.15) is 34.5 Å². The van der Waals surface area contributed by atoms with Crippen LogP contribution in [0.5, 0.6) is 23.0 Å². The van der Waals surface area contributed by atoms with Crippen molar-refractivity contribution < 1.29 is 60.0 Å². The van der Waals surface area contributed by atoms with Crippen LogP contribution in [-0.4, -0.2) is 76.2 Å². The fraction of sp³-hybridized carbons (Fsp3) is 0.333. The van der Waals surface area contributed by atoms with Crippen molar-refractivity contribution in [3.8, 4) is 23.0 Å². The first kappa shape index (κ1) is 25.1. The van der Waals surface area contributed by atoms with Crippen molar-refractivity contribution in [1.82, 2.24) is 0 Å². The second kappa shape index (κ2) is 6.85. The Kier molecular flexibility index (Phi) is 4.09. The minimum Gasteiger partial charge on any atom is -0.507 e. The van der Waals surface area contributed by atoms with Gasteiger partial charge >= 0.3 is 0 Å². The fourth-order valence-electron chi connectivity index (χ4n) is 9.59. The third kappa shape index (κ3) is 2.03. The van der Waals surface area contributed by atoms with Gasteiger partial charge in [0, 0.05) is 11.8 Å². The van der Waals surface area contributed by atoms with Crippen molar-refractivity contribution in [2.24, 2.45) is 34.5 Å². The first-order valence-electron chi connectivity index (χ1n) is 13.2. The van der Waals surface area contributed by atoms with Gasteiger partial charge < -0.3 is 40.9 Å². The lowest BCUT2D eigenvalue weighted by molar-refractivity contribution is -0.142. The summed E-state index contributed by atoms with van der Waals surface area (Å²) in [6.45, 7) is 2.72. The number of hydrogen-bond donors (Lipinski definition) is 8. The van der Waals surface area contributed by atoms with Gasteiger partial charge in [0.2, 0.25) is 0 Å². The minimum atomic E-state index is -2.48. The molecule has 8 atom stereocenters. The van der Waals surface area contributed by atoms with E-state index in [0.717, 1.165) is 12.1 Å². The zero-order valence-corrected chi connectivity index (χ0v) is 21.8. The van der Waals surface area contributed by atoms with Gasteiger partial charge in [-0.15, -0.1) is 0 Å². The summed E-state index contributed by atoms with van der Waals surface area (Å²) in [5, 5.41) is 89.8. The van der Waals surface area contributed by atoms with Crippen molar-refractivity contribution in [3.05, 3.63) is 56.7 Å². The van der Waals surface area contributed by atoms with E-state index < -0.39 is 138 Å². The van der Waals surface area contributed by atoms with Crippen LogP contribution in [0, 0.1) is 48.3 Å². The number of phenols is 4. The van der Waals surface area contributed by atoms with Crippen LogP contribution in [0.3, 0.4) is 0 Å². The third-order valence-corrected chi connectivity index (χ3v) is 10.8. The van der Waals surface area contributed by atoms with Crippen LogP contribution in [0.25, 0.3) is 11.5 Å². The van der Waals surface area contributed by atoms with Crippen LogP contribution in [0.4, 0.5) is 0 Å². The molecule has 0 amide bonds. The van der Waals surface area contributed by atoms with Gasteiger partial charge in [-0.25, -0.2) is 0 Å². The lowest BCUT2D eigenvalue weighted by atomic mass is 9.46. The summed E-state index contributed by atoms with van der Waals surface area (Å²) in [5.74, 6) is -15.9. The highest BCUT2D eigenvalue weighted by Gasteiger charge is 2.90. The maximum absolute atomic E-state index is 14.6. The maximum Gasteiger partial charge on any atom is 0.179 e. The average Bonchev–Trinajstić information content (AvgIpc) is 3.27. The molecule has 0 radical (unpaired) electrons. The Morgan fingerprint density at radius 1 is 0.571 bits per heavy atom. The summed E-state index contributed by atoms with van der Waals surface area (Å²) < 4.78 is 0. The molecule has 0 unspecified atom stereocenters. The quantitative estimate of drug-likeness (QED) is 0.207. The van der Waals surface area contributed by atoms with Crippen molar-refractivity contribution in [3.63, 3.8) is 0 Å². The van der Waals surface area contributed by atoms with Crippen molar-refractivity contribution in [2.75, 3.05) is 0 Å². The molecule has 0 aromatic heterocycles. The number of benzene rings is 2. The molecule has 2 aromatic carbocycles. The average molecular weight is 574 g/mol. The number of phenolic OH excluding ortho intramolecular Hbond substituents is 4. The number of carbonyl (C=O) groups is 4. The Morgan fingerprint density at radius 2 is 0.905 bits per heavy atom. The smallest absolute Gasteiger partial charge is 0.179 e. The molecule has 42 heavy (non-hydrogen) atoms. The lowest BCUT2D eigenvalue weighted by Crippen LogP contribution is -2.65. The number of aliphatic hydroxyl groups is 4. The van der Waals surface area contributed by atoms with Crippen LogP contribution >= 0.6 is 0 Å². The molecule has 8 N–H and O–H groups in total. The van der Waals surface area contributed by atoms with E-state index >= 15 is 0 Å². The highest BCUT2D eigenvalue weighted by Crippen LogP contribution is 2.80. The van der Waals surface area contributed by atoms with Crippen LogP contribution < -0.4 is 0 Å². The number of allylic oxidation sites excluding steroid dienone is 2. The Labute approximate surface area is 235 Å². The Morgan fingerprint density at radius 3 is 1.24 bits per heavy atom. The van der Waals surface area contributed by atoms with E-state index in [-0.39, 0.29) is 11.1 Å². The zero-order chi connectivity index (χ0) is 30.3. The summed E-state index contributed by atoms with van der Waals surface area (Å²) in [6.07, 6.45) is -3.71. The molecule has 2 spiro atoms. The molecule has 0 aliphatic heterocycles. The van der Waals surface area contributed by atoms with Gasteiger partial charge in [0.15, 0.2) is 23.1 Å². The maximum atomic E-state index is 14.6. The number of aliphatic hydroxyl groups excluding tert-OH is 4. The molecule has 6 aliphatic rings. The van der Waals surface area contributed by atoms with E-state index in [1.807, 2.05) is 0 Å². The number of fused-ring (bicyclic) bond motifs is 4. The Hall–Kier alpha value is -4.68. The number of rotatable bonds is 0. The molecule has 4 fully saturated rings. The van der Waals surface area contributed by atoms with Crippen LogP contribution in [0.15, 0.2) is 23.3 Å². The molecule has 2 aromatic rings. The fourth-order valence-corrected chi connectivity index (χ4v) is 9.59. The largest absolute Gasteiger partial charge is 0.507 e. The lowest BCUT2D eigenvalue weighted by Gasteiger charge is -2.53. The monoisotopic (exact) mass is 574 g/mol. The molecule has 214 valence electrons. The number of aryl methyl sites for hydroxylation is 2. The van der Waals surface area contributed by atoms with Crippen LogP contribution in [0.2, 0.25) is 0 Å². The standard InChI is InChI=1S/C30H22O12/c1-5-3-7(31)9-11(19(5)33)27(41)29-13-14-24(38)17(29)26(40)16-22(36)10-8(32)4-6(2)20(34)12(10)28(42)30(14,16)18(23(13)37)25(39)15(29)21(9)35/h3-4,13-14,17-18,23-24,31-38H,1-2H3/t13-,14+,17+,18-,23+,24-,29-,30-/m0/s1. The van der Waals surface area contributed by atoms with Crippen molar-refractivity contribution >= 4 is 34.7 Å². The van der Waals surface area contributed by atoms with E-state index in [1.165, 1.54) is 13.8 Å². The van der Waals surface area contributed by atoms with Gasteiger partial charge in [0.25, 0.3) is 0 Å². The summed E-state index contributed by atoms with van der Waals surface area (Å²) >= 11 is 0. The SMILES string of the molecule is Cc1cc(O)c2c(c1O)C(=O)[C@]13C(=C2O)C(=O)[C@H]2[C@@H](O)[C@H]1[C@H]1[C@@H](O)[C@H]3C(=O)C3=C(O)c4c(O)cc(C)c(O)c4C(=O)[C@]312. The number of Topliss-reactive ketones (excluding diaryl/α,β-unsaturated/α-hetero) is 4. The Bertz CT molecular complexity index is 1780. The first-order chi connectivity index (χ1) is 19.7. The predicted octanol–water partition coefficient (Wildman–Crippen LogP) is 1.11. The van der Waals surface area contributed by atoms with Gasteiger partial charge in [-0.05, 0) is 37.1 Å². The van der Waals surface area contributed by atoms with E-state index in [4.69, 9.17) is 0 Å².